The topological polar surface area (TPSA) is 68.0 Å². The predicted molar refractivity (Wildman–Crippen MR) is 124 cm³/mol. The summed E-state index contributed by atoms with van der Waals surface area (Å²) >= 11 is 0. The van der Waals surface area contributed by atoms with E-state index in [1.54, 1.807) is 24.5 Å². The molecule has 0 atom stereocenters. The predicted octanol–water partition coefficient (Wildman–Crippen LogP) is 5.25. The van der Waals surface area contributed by atoms with E-state index in [1.165, 1.54) is 6.07 Å². The van der Waals surface area contributed by atoms with Crippen LogP contribution in [0.2, 0.25) is 0 Å². The molecular weight excluding hydrogens is 422 g/mol. The number of fused-ring (bicyclic) bond motifs is 2. The van der Waals surface area contributed by atoms with E-state index in [4.69, 9.17) is 9.98 Å². The number of hydrogen-bond donors (Lipinski definition) is 1. The molecule has 0 saturated carbocycles. The lowest BCUT2D eigenvalue weighted by Crippen LogP contribution is -2.17. The number of para-hydroxylation sites is 2. The first-order valence-electron chi connectivity index (χ1n) is 10.5. The van der Waals surface area contributed by atoms with Gasteiger partial charge in [0.05, 0.1) is 33.5 Å². The van der Waals surface area contributed by atoms with E-state index in [0.717, 1.165) is 11.6 Å². The molecule has 6 nitrogen and oxygen atoms in total. The van der Waals surface area contributed by atoms with Crippen LogP contribution in [0.4, 0.5) is 20.4 Å². The van der Waals surface area contributed by atoms with Crippen molar-refractivity contribution < 1.29 is 8.78 Å². The SMILES string of the molecule is CC(C)N=c1cc2n(-c3ccc(F)c(F)c3)c3ccccc3nc-2cc1Nc1ncccn1. The van der Waals surface area contributed by atoms with E-state index in [0.29, 0.717) is 39.6 Å². The molecule has 1 aromatic heterocycles. The van der Waals surface area contributed by atoms with Crippen molar-refractivity contribution in [2.45, 2.75) is 19.9 Å². The van der Waals surface area contributed by atoms with Crippen LogP contribution >= 0.6 is 0 Å². The first-order chi connectivity index (χ1) is 16.0. The monoisotopic (exact) mass is 442 g/mol. The summed E-state index contributed by atoms with van der Waals surface area (Å²) in [6, 6.07) is 16.9. The van der Waals surface area contributed by atoms with Crippen LogP contribution in [0.3, 0.4) is 0 Å². The van der Waals surface area contributed by atoms with Crippen molar-refractivity contribution in [1.29, 1.82) is 0 Å². The quantitative estimate of drug-likeness (QED) is 0.386. The maximum absolute atomic E-state index is 14.2. The van der Waals surface area contributed by atoms with Gasteiger partial charge in [0, 0.05) is 30.2 Å². The van der Waals surface area contributed by atoms with Crippen LogP contribution in [0, 0.1) is 11.6 Å². The number of benzene rings is 3. The molecule has 1 aliphatic heterocycles. The molecule has 33 heavy (non-hydrogen) atoms. The fourth-order valence-electron chi connectivity index (χ4n) is 3.71. The minimum absolute atomic E-state index is 0.0184. The summed E-state index contributed by atoms with van der Waals surface area (Å²) in [5.74, 6) is -1.38. The average molecular weight is 442 g/mol. The van der Waals surface area contributed by atoms with Crippen LogP contribution in [0.15, 0.2) is 78.0 Å². The van der Waals surface area contributed by atoms with E-state index in [2.05, 4.69) is 15.3 Å². The molecule has 1 N–H and O–H groups in total. The molecule has 0 saturated heterocycles. The standard InChI is InChI=1S/C25H20F2N6/c1-15(2)30-21-14-24-22(13-20(21)32-25-28-10-5-11-29-25)31-19-6-3-4-7-23(19)33(24)16-8-9-17(26)18(27)12-16/h3-15H,1-2H3,(H,28,29,32). The van der Waals surface area contributed by atoms with Crippen molar-refractivity contribution in [3.63, 3.8) is 0 Å². The van der Waals surface area contributed by atoms with Crippen LogP contribution < -0.4 is 10.7 Å². The Bertz CT molecular complexity index is 1490. The van der Waals surface area contributed by atoms with Crippen molar-refractivity contribution >= 4 is 22.7 Å². The first-order valence-corrected chi connectivity index (χ1v) is 10.5. The molecule has 0 fully saturated rings. The average Bonchev–Trinajstić information content (AvgIpc) is 2.80. The van der Waals surface area contributed by atoms with Gasteiger partial charge in [0.15, 0.2) is 11.6 Å². The number of nitrogens with zero attached hydrogens (tertiary/aromatic N) is 5. The lowest BCUT2D eigenvalue weighted by molar-refractivity contribution is 0.508. The van der Waals surface area contributed by atoms with E-state index >= 15 is 0 Å². The summed E-state index contributed by atoms with van der Waals surface area (Å²) in [5.41, 5.74) is 4.02. The molecule has 3 aromatic rings. The molecule has 164 valence electrons. The van der Waals surface area contributed by atoms with Crippen molar-refractivity contribution in [2.24, 2.45) is 4.99 Å². The summed E-state index contributed by atoms with van der Waals surface area (Å²) < 4.78 is 29.7. The Balaban J connectivity index is 1.84. The molecule has 0 radical (unpaired) electrons. The van der Waals surface area contributed by atoms with E-state index in [-0.39, 0.29) is 6.04 Å². The van der Waals surface area contributed by atoms with E-state index in [9.17, 15) is 8.78 Å². The van der Waals surface area contributed by atoms with Gasteiger partial charge in [0.2, 0.25) is 5.95 Å². The van der Waals surface area contributed by atoms with Crippen molar-refractivity contribution in [3.05, 3.63) is 90.0 Å². The zero-order valence-corrected chi connectivity index (χ0v) is 18.0. The number of halogens is 2. The Morgan fingerprint density at radius 3 is 2.45 bits per heavy atom. The molecule has 8 heteroatoms. The number of anilines is 2. The smallest absolute Gasteiger partial charge is 0.227 e. The number of rotatable bonds is 4. The minimum Gasteiger partial charge on any atom is -0.322 e. The third-order valence-electron chi connectivity index (χ3n) is 5.07. The van der Waals surface area contributed by atoms with Gasteiger partial charge >= 0.3 is 0 Å². The summed E-state index contributed by atoms with van der Waals surface area (Å²) in [7, 11) is 0. The molecule has 2 aromatic carbocycles. The number of hydrogen-bond acceptors (Lipinski definition) is 5. The second-order valence-corrected chi connectivity index (χ2v) is 7.81. The third-order valence-corrected chi connectivity index (χ3v) is 5.07. The maximum atomic E-state index is 14.2. The highest BCUT2D eigenvalue weighted by molar-refractivity contribution is 5.84. The lowest BCUT2D eigenvalue weighted by atomic mass is 10.1. The Kier molecular flexibility index (Phi) is 5.26. The Morgan fingerprint density at radius 2 is 1.70 bits per heavy atom. The van der Waals surface area contributed by atoms with E-state index < -0.39 is 11.6 Å². The van der Waals surface area contributed by atoms with Gasteiger partial charge in [-0.25, -0.2) is 23.7 Å². The molecule has 0 spiro atoms. The zero-order valence-electron chi connectivity index (χ0n) is 18.0. The molecular formula is C25H20F2N6. The Hall–Kier alpha value is -4.20. The molecule has 0 unspecified atom stereocenters. The highest BCUT2D eigenvalue weighted by Gasteiger charge is 2.18. The van der Waals surface area contributed by atoms with Gasteiger partial charge in [0.25, 0.3) is 0 Å². The van der Waals surface area contributed by atoms with Gasteiger partial charge in [-0.15, -0.1) is 0 Å². The minimum atomic E-state index is -0.916. The van der Waals surface area contributed by atoms with Crippen LogP contribution in [0.5, 0.6) is 0 Å². The van der Waals surface area contributed by atoms with Gasteiger partial charge in [0.1, 0.15) is 0 Å². The van der Waals surface area contributed by atoms with Crippen LogP contribution in [-0.4, -0.2) is 25.6 Å². The second-order valence-electron chi connectivity index (χ2n) is 7.81. The number of aromatic nitrogens is 4. The molecule has 5 rings (SSSR count). The molecule has 0 bridgehead atoms. The highest BCUT2D eigenvalue weighted by Crippen LogP contribution is 2.30. The van der Waals surface area contributed by atoms with Gasteiger partial charge in [-0.1, -0.05) is 12.1 Å². The van der Waals surface area contributed by atoms with Gasteiger partial charge < -0.3 is 9.88 Å². The van der Waals surface area contributed by atoms with E-state index in [1.807, 2.05) is 54.8 Å². The molecule has 2 heterocycles. The fourth-order valence-corrected chi connectivity index (χ4v) is 3.71. The second kappa shape index (κ2) is 8.38. The highest BCUT2D eigenvalue weighted by atomic mass is 19.2. The Labute approximate surface area is 188 Å². The van der Waals surface area contributed by atoms with Crippen LogP contribution in [-0.2, 0) is 0 Å². The largest absolute Gasteiger partial charge is 0.322 e. The van der Waals surface area contributed by atoms with Crippen LogP contribution in [0.25, 0.3) is 28.1 Å². The van der Waals surface area contributed by atoms with Crippen molar-refractivity contribution in [1.82, 2.24) is 19.5 Å². The van der Waals surface area contributed by atoms with Gasteiger partial charge in [-0.05, 0) is 56.3 Å². The maximum Gasteiger partial charge on any atom is 0.227 e. The third kappa shape index (κ3) is 4.03. The van der Waals surface area contributed by atoms with Gasteiger partial charge in [-0.2, -0.15) is 0 Å². The Morgan fingerprint density at radius 1 is 0.909 bits per heavy atom. The molecule has 0 amide bonds. The lowest BCUT2D eigenvalue weighted by Gasteiger charge is -2.20. The summed E-state index contributed by atoms with van der Waals surface area (Å²) in [5, 5.41) is 3.90. The first kappa shape index (κ1) is 20.7. The number of nitrogens with one attached hydrogen (secondary N) is 1. The zero-order chi connectivity index (χ0) is 22.9. The van der Waals surface area contributed by atoms with Crippen molar-refractivity contribution in [3.8, 4) is 17.1 Å². The molecule has 1 aliphatic carbocycles. The molecule has 2 aliphatic rings. The van der Waals surface area contributed by atoms with Crippen molar-refractivity contribution in [2.75, 3.05) is 5.32 Å². The fraction of sp³-hybridized carbons (Fsp3) is 0.120. The van der Waals surface area contributed by atoms with Crippen LogP contribution in [0.1, 0.15) is 13.8 Å². The van der Waals surface area contributed by atoms with Gasteiger partial charge in [-0.3, -0.25) is 4.99 Å². The summed E-state index contributed by atoms with van der Waals surface area (Å²) in [6.07, 6.45) is 3.30. The normalized spacial score (nSPS) is 12.1. The summed E-state index contributed by atoms with van der Waals surface area (Å²) in [6.45, 7) is 3.96. The summed E-state index contributed by atoms with van der Waals surface area (Å²) in [4.78, 5) is 18.1.